The Hall–Kier alpha value is -2.24. The Kier molecular flexibility index (Phi) is 3.33. The van der Waals surface area contributed by atoms with Crippen LogP contribution in [0.3, 0.4) is 0 Å². The number of methoxy groups -OCH3 is 1. The van der Waals surface area contributed by atoms with Crippen LogP contribution in [0.25, 0.3) is 0 Å². The van der Waals surface area contributed by atoms with Crippen molar-refractivity contribution in [3.05, 3.63) is 46.8 Å². The van der Waals surface area contributed by atoms with Gasteiger partial charge in [-0.1, -0.05) is 0 Å². The molecule has 0 spiro atoms. The third kappa shape index (κ3) is 2.21. The molecule has 0 N–H and O–H groups in total. The summed E-state index contributed by atoms with van der Waals surface area (Å²) in [7, 11) is 2.93. The lowest BCUT2D eigenvalue weighted by molar-refractivity contribution is 0.102. The van der Waals surface area contributed by atoms with Crippen molar-refractivity contribution in [3.63, 3.8) is 0 Å². The highest BCUT2D eigenvalue weighted by molar-refractivity contribution is 6.09. The predicted molar refractivity (Wildman–Crippen MR) is 64.3 cm³/mol. The number of ketones is 1. The molecule has 0 amide bonds. The highest BCUT2D eigenvalue weighted by atomic mass is 19.1. The number of carbonyl (C=O) groups excluding carboxylic acids is 1. The quantitative estimate of drug-likeness (QED) is 0.800. The Labute approximate surface area is 108 Å². The van der Waals surface area contributed by atoms with Crippen LogP contribution in [0.15, 0.2) is 18.3 Å². The number of hydrogen-bond acceptors (Lipinski definition) is 3. The van der Waals surface area contributed by atoms with Crippen LogP contribution >= 0.6 is 0 Å². The Balaban J connectivity index is 2.56. The van der Waals surface area contributed by atoms with E-state index in [0.29, 0.717) is 6.07 Å². The molecule has 0 aliphatic carbocycles. The summed E-state index contributed by atoms with van der Waals surface area (Å²) >= 11 is 0. The van der Waals surface area contributed by atoms with Gasteiger partial charge in [0.05, 0.1) is 18.9 Å². The standard InChI is InChI=1S/C13H12F2N2O2/c1-7-4-8(10(15)5-9(7)14)13(18)12-11(19-3)6-16-17(12)2/h4-6H,1-3H3. The first-order valence-corrected chi connectivity index (χ1v) is 5.52. The Morgan fingerprint density at radius 3 is 2.63 bits per heavy atom. The third-order valence-electron chi connectivity index (χ3n) is 2.83. The van der Waals surface area contributed by atoms with E-state index in [1.165, 1.54) is 31.0 Å². The van der Waals surface area contributed by atoms with Crippen LogP contribution in [-0.4, -0.2) is 22.7 Å². The lowest BCUT2D eigenvalue weighted by atomic mass is 10.0. The second-order valence-corrected chi connectivity index (χ2v) is 4.10. The van der Waals surface area contributed by atoms with E-state index in [9.17, 15) is 13.6 Å². The van der Waals surface area contributed by atoms with Crippen molar-refractivity contribution in [2.75, 3.05) is 7.11 Å². The summed E-state index contributed by atoms with van der Waals surface area (Å²) in [4.78, 5) is 12.3. The van der Waals surface area contributed by atoms with E-state index in [1.807, 2.05) is 0 Å². The van der Waals surface area contributed by atoms with Crippen LogP contribution in [0.4, 0.5) is 8.78 Å². The van der Waals surface area contributed by atoms with Crippen LogP contribution in [0.2, 0.25) is 0 Å². The van der Waals surface area contributed by atoms with Gasteiger partial charge in [0.2, 0.25) is 5.78 Å². The van der Waals surface area contributed by atoms with E-state index < -0.39 is 17.4 Å². The number of ether oxygens (including phenoxy) is 1. The number of carbonyl (C=O) groups is 1. The van der Waals surface area contributed by atoms with Crippen molar-refractivity contribution < 1.29 is 18.3 Å². The molecule has 1 heterocycles. The van der Waals surface area contributed by atoms with E-state index in [0.717, 1.165) is 0 Å². The van der Waals surface area contributed by atoms with Crippen molar-refractivity contribution in [2.24, 2.45) is 7.05 Å². The second kappa shape index (κ2) is 4.79. The number of rotatable bonds is 3. The molecule has 6 heteroatoms. The van der Waals surface area contributed by atoms with E-state index >= 15 is 0 Å². The van der Waals surface area contributed by atoms with Crippen LogP contribution in [-0.2, 0) is 7.05 Å². The number of benzene rings is 1. The average molecular weight is 266 g/mol. The predicted octanol–water partition coefficient (Wildman–Crippen LogP) is 2.25. The molecule has 0 unspecified atom stereocenters. The molecule has 0 saturated heterocycles. The largest absolute Gasteiger partial charge is 0.493 e. The Morgan fingerprint density at radius 1 is 1.32 bits per heavy atom. The molecule has 1 aromatic heterocycles. The number of aromatic nitrogens is 2. The molecule has 0 aliphatic heterocycles. The van der Waals surface area contributed by atoms with Gasteiger partial charge in [0.1, 0.15) is 11.6 Å². The summed E-state index contributed by atoms with van der Waals surface area (Å²) in [5.74, 6) is -1.95. The Bertz CT molecular complexity index is 650. The van der Waals surface area contributed by atoms with Gasteiger partial charge in [-0.25, -0.2) is 8.78 Å². The maximum Gasteiger partial charge on any atom is 0.217 e. The van der Waals surface area contributed by atoms with E-state index in [-0.39, 0.29) is 22.6 Å². The van der Waals surface area contributed by atoms with E-state index in [1.54, 1.807) is 7.05 Å². The maximum atomic E-state index is 13.7. The van der Waals surface area contributed by atoms with Gasteiger partial charge in [0.15, 0.2) is 11.4 Å². The Morgan fingerprint density at radius 2 is 2.00 bits per heavy atom. The third-order valence-corrected chi connectivity index (χ3v) is 2.83. The minimum absolute atomic E-state index is 0.118. The zero-order valence-electron chi connectivity index (χ0n) is 10.7. The number of hydrogen-bond donors (Lipinski definition) is 0. The summed E-state index contributed by atoms with van der Waals surface area (Å²) < 4.78 is 33.2. The van der Waals surface area contributed by atoms with Gasteiger partial charge in [-0.05, 0) is 18.6 Å². The fraction of sp³-hybridized carbons (Fsp3) is 0.231. The molecule has 0 fully saturated rings. The van der Waals surface area contributed by atoms with Gasteiger partial charge in [-0.2, -0.15) is 5.10 Å². The van der Waals surface area contributed by atoms with Crippen LogP contribution in [0.1, 0.15) is 21.6 Å². The highest BCUT2D eigenvalue weighted by Crippen LogP contribution is 2.23. The zero-order valence-corrected chi connectivity index (χ0v) is 10.7. The second-order valence-electron chi connectivity index (χ2n) is 4.10. The van der Waals surface area contributed by atoms with Gasteiger partial charge in [-0.15, -0.1) is 0 Å². The molecule has 0 saturated carbocycles. The summed E-state index contributed by atoms with van der Waals surface area (Å²) in [6.45, 7) is 1.46. The van der Waals surface area contributed by atoms with Crippen LogP contribution in [0.5, 0.6) is 5.75 Å². The van der Waals surface area contributed by atoms with Crippen LogP contribution < -0.4 is 4.74 Å². The van der Waals surface area contributed by atoms with Crippen molar-refractivity contribution in [1.82, 2.24) is 9.78 Å². The first-order valence-electron chi connectivity index (χ1n) is 5.52. The molecular formula is C13H12F2N2O2. The molecule has 0 aliphatic rings. The highest BCUT2D eigenvalue weighted by Gasteiger charge is 2.23. The summed E-state index contributed by atoms with van der Waals surface area (Å²) in [5, 5.41) is 3.88. The number of aryl methyl sites for hydroxylation is 2. The molecular weight excluding hydrogens is 254 g/mol. The summed E-state index contributed by atoms with van der Waals surface area (Å²) in [5.41, 5.74) is 0.110. The molecule has 19 heavy (non-hydrogen) atoms. The van der Waals surface area contributed by atoms with Gasteiger partial charge < -0.3 is 4.74 Å². The number of halogens is 2. The SMILES string of the molecule is COc1cnn(C)c1C(=O)c1cc(C)c(F)cc1F. The maximum absolute atomic E-state index is 13.7. The topological polar surface area (TPSA) is 44.1 Å². The number of nitrogens with zero attached hydrogens (tertiary/aromatic N) is 2. The van der Waals surface area contributed by atoms with Gasteiger partial charge in [0.25, 0.3) is 0 Å². The van der Waals surface area contributed by atoms with Gasteiger partial charge >= 0.3 is 0 Å². The lowest BCUT2D eigenvalue weighted by Gasteiger charge is -2.07. The molecule has 1 aromatic carbocycles. The zero-order chi connectivity index (χ0) is 14.2. The van der Waals surface area contributed by atoms with E-state index in [4.69, 9.17) is 4.74 Å². The molecule has 0 bridgehead atoms. The minimum Gasteiger partial charge on any atom is -0.493 e. The minimum atomic E-state index is -0.906. The van der Waals surface area contributed by atoms with E-state index in [2.05, 4.69) is 5.10 Å². The normalized spacial score (nSPS) is 10.6. The average Bonchev–Trinajstić information content (AvgIpc) is 2.74. The lowest BCUT2D eigenvalue weighted by Crippen LogP contribution is -2.12. The molecule has 0 radical (unpaired) electrons. The molecule has 4 nitrogen and oxygen atoms in total. The molecule has 0 atom stereocenters. The fourth-order valence-electron chi connectivity index (χ4n) is 1.78. The smallest absolute Gasteiger partial charge is 0.217 e. The van der Waals surface area contributed by atoms with Gasteiger partial charge in [0, 0.05) is 13.1 Å². The van der Waals surface area contributed by atoms with Crippen molar-refractivity contribution in [1.29, 1.82) is 0 Å². The molecule has 100 valence electrons. The van der Waals surface area contributed by atoms with Gasteiger partial charge in [-0.3, -0.25) is 9.48 Å². The van der Waals surface area contributed by atoms with Crippen molar-refractivity contribution >= 4 is 5.78 Å². The van der Waals surface area contributed by atoms with Crippen molar-refractivity contribution in [2.45, 2.75) is 6.92 Å². The molecule has 2 rings (SSSR count). The monoisotopic (exact) mass is 266 g/mol. The van der Waals surface area contributed by atoms with Crippen molar-refractivity contribution in [3.8, 4) is 5.75 Å². The van der Waals surface area contributed by atoms with Crippen LogP contribution in [0, 0.1) is 18.6 Å². The fourth-order valence-corrected chi connectivity index (χ4v) is 1.78. The first-order chi connectivity index (χ1) is 8.95. The summed E-state index contributed by atoms with van der Waals surface area (Å²) in [6, 6.07) is 1.88. The molecule has 2 aromatic rings. The summed E-state index contributed by atoms with van der Waals surface area (Å²) in [6.07, 6.45) is 1.36. The first kappa shape index (κ1) is 13.2.